The summed E-state index contributed by atoms with van der Waals surface area (Å²) in [4.78, 5) is 22.1. The van der Waals surface area contributed by atoms with Crippen molar-refractivity contribution in [2.75, 3.05) is 18.1 Å². The summed E-state index contributed by atoms with van der Waals surface area (Å²) >= 11 is 1.13. The van der Waals surface area contributed by atoms with E-state index in [1.807, 2.05) is 12.1 Å². The third-order valence-corrected chi connectivity index (χ3v) is 4.57. The van der Waals surface area contributed by atoms with Gasteiger partial charge >= 0.3 is 5.97 Å². The highest BCUT2D eigenvalue weighted by molar-refractivity contribution is 8.00. The van der Waals surface area contributed by atoms with Gasteiger partial charge in [0.05, 0.1) is 11.5 Å². The summed E-state index contributed by atoms with van der Waals surface area (Å²) in [6.07, 6.45) is 2.20. The molecule has 0 aliphatic heterocycles. The number of carbonyl (C=O) groups excluding carboxylic acids is 1. The topological polar surface area (TPSA) is 66.4 Å². The van der Waals surface area contributed by atoms with E-state index in [1.54, 1.807) is 0 Å². The van der Waals surface area contributed by atoms with Gasteiger partial charge in [0.1, 0.15) is 0 Å². The molecule has 108 valence electrons. The molecule has 2 rings (SSSR count). The molecule has 2 N–H and O–H groups in total. The summed E-state index contributed by atoms with van der Waals surface area (Å²) < 4.78 is 0. The number of benzene rings is 1. The number of nitrogens with one attached hydrogen (secondary N) is 1. The average Bonchev–Trinajstić information content (AvgIpc) is 3.17. The summed E-state index contributed by atoms with van der Waals surface area (Å²) in [5.41, 5.74) is 2.68. The molecule has 1 aliphatic rings. The largest absolute Gasteiger partial charge is 0.481 e. The molecular weight excluding hydrogens is 274 g/mol. The van der Waals surface area contributed by atoms with E-state index in [0.717, 1.165) is 24.6 Å². The van der Waals surface area contributed by atoms with Crippen LogP contribution >= 0.6 is 11.8 Å². The smallest absolute Gasteiger partial charge is 0.313 e. The average molecular weight is 293 g/mol. The molecule has 0 saturated heterocycles. The predicted molar refractivity (Wildman–Crippen MR) is 80.1 cm³/mol. The molecule has 0 unspecified atom stereocenters. The first-order valence-corrected chi connectivity index (χ1v) is 7.81. The number of hydrogen-bond donors (Lipinski definition) is 2. The van der Waals surface area contributed by atoms with E-state index in [9.17, 15) is 9.59 Å². The lowest BCUT2D eigenvalue weighted by molar-refractivity contribution is -0.133. The molecule has 0 atom stereocenters. The highest BCUT2D eigenvalue weighted by Crippen LogP contribution is 2.48. The fraction of sp³-hybridized carbons (Fsp3) is 0.467. The number of rotatable bonds is 7. The first-order chi connectivity index (χ1) is 9.53. The van der Waals surface area contributed by atoms with E-state index in [4.69, 9.17) is 5.11 Å². The maximum Gasteiger partial charge on any atom is 0.313 e. The number of hydrogen-bond acceptors (Lipinski definition) is 3. The van der Waals surface area contributed by atoms with Crippen LogP contribution < -0.4 is 5.32 Å². The van der Waals surface area contributed by atoms with E-state index < -0.39 is 5.97 Å². The quantitative estimate of drug-likeness (QED) is 0.806. The van der Waals surface area contributed by atoms with Gasteiger partial charge in [-0.05, 0) is 30.9 Å². The van der Waals surface area contributed by atoms with E-state index in [1.165, 1.54) is 11.1 Å². The molecule has 0 radical (unpaired) electrons. The number of carbonyl (C=O) groups is 2. The fourth-order valence-corrected chi connectivity index (χ4v) is 2.97. The lowest BCUT2D eigenvalue weighted by Crippen LogP contribution is -2.33. The normalized spacial score (nSPS) is 15.7. The molecule has 0 heterocycles. The number of carboxylic acid groups (broad SMARTS) is 1. The molecule has 20 heavy (non-hydrogen) atoms. The van der Waals surface area contributed by atoms with Crippen LogP contribution in [0.3, 0.4) is 0 Å². The minimum atomic E-state index is -0.888. The molecule has 1 saturated carbocycles. The van der Waals surface area contributed by atoms with Crippen molar-refractivity contribution in [2.24, 2.45) is 0 Å². The molecule has 1 aromatic rings. The summed E-state index contributed by atoms with van der Waals surface area (Å²) in [5.74, 6) is -0.801. The van der Waals surface area contributed by atoms with Crippen LogP contribution in [0.25, 0.3) is 0 Å². The van der Waals surface area contributed by atoms with Gasteiger partial charge in [0.15, 0.2) is 0 Å². The summed E-state index contributed by atoms with van der Waals surface area (Å²) in [5, 5.41) is 11.5. The van der Waals surface area contributed by atoms with Crippen LogP contribution in [-0.4, -0.2) is 35.0 Å². The van der Waals surface area contributed by atoms with Crippen molar-refractivity contribution >= 4 is 23.6 Å². The number of thioether (sulfide) groups is 1. The second kappa shape index (κ2) is 6.31. The zero-order valence-electron chi connectivity index (χ0n) is 11.5. The van der Waals surface area contributed by atoms with Crippen molar-refractivity contribution in [2.45, 2.75) is 25.2 Å². The van der Waals surface area contributed by atoms with Crippen molar-refractivity contribution in [3.63, 3.8) is 0 Å². The Balaban J connectivity index is 1.83. The van der Waals surface area contributed by atoms with Crippen LogP contribution in [0.5, 0.6) is 0 Å². The minimum absolute atomic E-state index is 0.0314. The molecule has 0 aromatic heterocycles. The molecular formula is C15H19NO3S. The van der Waals surface area contributed by atoms with E-state index in [0.29, 0.717) is 6.54 Å². The Morgan fingerprint density at radius 3 is 2.60 bits per heavy atom. The van der Waals surface area contributed by atoms with Crippen LogP contribution in [0.1, 0.15) is 24.0 Å². The van der Waals surface area contributed by atoms with Crippen LogP contribution in [0.15, 0.2) is 24.3 Å². The molecule has 1 fully saturated rings. The molecule has 0 bridgehead atoms. The van der Waals surface area contributed by atoms with Crippen molar-refractivity contribution in [3.05, 3.63) is 35.4 Å². The van der Waals surface area contributed by atoms with Crippen LogP contribution in [0, 0.1) is 6.92 Å². The number of aryl methyl sites for hydroxylation is 1. The highest BCUT2D eigenvalue weighted by atomic mass is 32.2. The first kappa shape index (κ1) is 14.9. The zero-order valence-corrected chi connectivity index (χ0v) is 12.3. The molecule has 1 aliphatic carbocycles. The van der Waals surface area contributed by atoms with Crippen molar-refractivity contribution in [1.82, 2.24) is 5.32 Å². The minimum Gasteiger partial charge on any atom is -0.481 e. The molecule has 1 aromatic carbocycles. The third-order valence-electron chi connectivity index (χ3n) is 3.65. The lowest BCUT2D eigenvalue weighted by atomic mass is 9.92. The standard InChI is InChI=1S/C15H19NO3S/c1-11-4-2-3-5-12(11)15(6-7-15)10-16-13(17)8-20-9-14(18)19/h2-5H,6-10H2,1H3,(H,16,17)(H,18,19). The Morgan fingerprint density at radius 1 is 1.30 bits per heavy atom. The summed E-state index contributed by atoms with van der Waals surface area (Å²) in [6, 6.07) is 8.29. The van der Waals surface area contributed by atoms with Crippen LogP contribution in [0.4, 0.5) is 0 Å². The number of amides is 1. The van der Waals surface area contributed by atoms with Gasteiger partial charge in [-0.25, -0.2) is 0 Å². The lowest BCUT2D eigenvalue weighted by Gasteiger charge is -2.18. The molecule has 5 heteroatoms. The monoisotopic (exact) mass is 293 g/mol. The fourth-order valence-electron chi connectivity index (χ4n) is 2.41. The molecule has 0 spiro atoms. The van der Waals surface area contributed by atoms with Crippen molar-refractivity contribution < 1.29 is 14.7 Å². The van der Waals surface area contributed by atoms with E-state index in [-0.39, 0.29) is 22.8 Å². The number of carboxylic acids is 1. The molecule has 4 nitrogen and oxygen atoms in total. The van der Waals surface area contributed by atoms with Gasteiger partial charge in [-0.2, -0.15) is 0 Å². The maximum atomic E-state index is 11.7. The zero-order chi connectivity index (χ0) is 14.6. The highest BCUT2D eigenvalue weighted by Gasteiger charge is 2.44. The Labute approximate surface area is 123 Å². The van der Waals surface area contributed by atoms with E-state index in [2.05, 4.69) is 24.4 Å². The predicted octanol–water partition coefficient (Wildman–Crippen LogP) is 1.96. The van der Waals surface area contributed by atoms with Crippen LogP contribution in [-0.2, 0) is 15.0 Å². The summed E-state index contributed by atoms with van der Waals surface area (Å²) in [6.45, 7) is 2.74. The van der Waals surface area contributed by atoms with Gasteiger partial charge in [-0.1, -0.05) is 24.3 Å². The van der Waals surface area contributed by atoms with E-state index >= 15 is 0 Å². The third kappa shape index (κ3) is 3.76. The van der Waals surface area contributed by atoms with Crippen LogP contribution in [0.2, 0.25) is 0 Å². The van der Waals surface area contributed by atoms with Crippen molar-refractivity contribution in [3.8, 4) is 0 Å². The maximum absolute atomic E-state index is 11.7. The van der Waals surface area contributed by atoms with Gasteiger partial charge in [0.25, 0.3) is 0 Å². The second-order valence-corrected chi connectivity index (χ2v) is 6.24. The van der Waals surface area contributed by atoms with Gasteiger partial charge < -0.3 is 10.4 Å². The van der Waals surface area contributed by atoms with Gasteiger partial charge in [-0.15, -0.1) is 11.8 Å². The Bertz CT molecular complexity index is 512. The van der Waals surface area contributed by atoms with Gasteiger partial charge in [0.2, 0.25) is 5.91 Å². The number of aliphatic carboxylic acids is 1. The van der Waals surface area contributed by atoms with Crippen molar-refractivity contribution in [1.29, 1.82) is 0 Å². The Kier molecular flexibility index (Phi) is 4.70. The second-order valence-electron chi connectivity index (χ2n) is 5.26. The first-order valence-electron chi connectivity index (χ1n) is 6.66. The Hall–Kier alpha value is -1.49. The van der Waals surface area contributed by atoms with Gasteiger partial charge in [0, 0.05) is 12.0 Å². The SMILES string of the molecule is Cc1ccccc1C1(CNC(=O)CSCC(=O)O)CC1. The molecule has 1 amide bonds. The van der Waals surface area contributed by atoms with Gasteiger partial charge in [-0.3, -0.25) is 9.59 Å². The Morgan fingerprint density at radius 2 is 2.00 bits per heavy atom. The summed E-state index contributed by atoms with van der Waals surface area (Å²) in [7, 11) is 0.